The zero-order valence-corrected chi connectivity index (χ0v) is 16.9. The lowest BCUT2D eigenvalue weighted by Crippen LogP contribution is -2.14. The average molecular weight is 402 g/mol. The molecule has 29 heavy (non-hydrogen) atoms. The number of rotatable bonds is 6. The molecule has 0 radical (unpaired) electrons. The van der Waals surface area contributed by atoms with Crippen LogP contribution in [0.4, 0.5) is 13.2 Å². The van der Waals surface area contributed by atoms with E-state index in [1.54, 1.807) is 6.07 Å². The van der Waals surface area contributed by atoms with Crippen molar-refractivity contribution < 1.29 is 13.2 Å². The first kappa shape index (κ1) is 21.7. The summed E-state index contributed by atoms with van der Waals surface area (Å²) >= 11 is 0. The van der Waals surface area contributed by atoms with Gasteiger partial charge in [0.05, 0.1) is 0 Å². The van der Waals surface area contributed by atoms with Gasteiger partial charge in [-0.05, 0) is 112 Å². The number of benzene rings is 1. The Morgan fingerprint density at radius 1 is 0.931 bits per heavy atom. The fraction of sp³-hybridized carbons (Fsp3) is 0.560. The number of allylic oxidation sites excluding steroid dienone is 4. The average Bonchev–Trinajstić information content (AvgIpc) is 2.75. The molecule has 2 aliphatic carbocycles. The van der Waals surface area contributed by atoms with Gasteiger partial charge in [-0.15, -0.1) is 0 Å². The molecular formula is C25H30F3N. The number of nitrogens with zero attached hydrogens (tertiary/aromatic N) is 1. The maximum absolute atomic E-state index is 13.5. The molecule has 0 aromatic heterocycles. The molecule has 1 aromatic carbocycles. The third kappa shape index (κ3) is 6.49. The highest BCUT2D eigenvalue weighted by molar-refractivity contribution is 5.22. The Labute approximate surface area is 172 Å². The first-order chi connectivity index (χ1) is 14.0. The summed E-state index contributed by atoms with van der Waals surface area (Å²) in [5.41, 5.74) is 0.925. The van der Waals surface area contributed by atoms with Crippen molar-refractivity contribution in [3.63, 3.8) is 0 Å². The van der Waals surface area contributed by atoms with Crippen LogP contribution >= 0.6 is 0 Å². The molecule has 0 heterocycles. The van der Waals surface area contributed by atoms with Gasteiger partial charge in [-0.3, -0.25) is 0 Å². The third-order valence-electron chi connectivity index (χ3n) is 6.74. The molecule has 1 nitrogen and oxygen atoms in total. The first-order valence-corrected chi connectivity index (χ1v) is 10.9. The molecule has 3 rings (SSSR count). The second-order valence-electron chi connectivity index (χ2n) is 8.69. The predicted octanol–water partition coefficient (Wildman–Crippen LogP) is 7.76. The molecule has 0 aliphatic heterocycles. The van der Waals surface area contributed by atoms with Crippen molar-refractivity contribution in [2.75, 3.05) is 0 Å². The summed E-state index contributed by atoms with van der Waals surface area (Å²) in [6.07, 6.45) is 16.8. The molecule has 0 N–H and O–H groups in total. The Balaban J connectivity index is 1.38. The SMILES string of the molecule is N#CC(F)=CCCC1CCC(/C=C/C2CCC(c3ccc(F)c(F)c3)CC2)CC1. The smallest absolute Gasteiger partial charge is 0.196 e. The lowest BCUT2D eigenvalue weighted by Gasteiger charge is -2.29. The van der Waals surface area contributed by atoms with E-state index in [2.05, 4.69) is 12.2 Å². The van der Waals surface area contributed by atoms with Crippen molar-refractivity contribution in [2.24, 2.45) is 17.8 Å². The van der Waals surface area contributed by atoms with E-state index in [9.17, 15) is 13.2 Å². The van der Waals surface area contributed by atoms with E-state index < -0.39 is 17.5 Å². The van der Waals surface area contributed by atoms with Crippen LogP contribution in [0.2, 0.25) is 0 Å². The molecule has 2 aliphatic rings. The normalized spacial score (nSPS) is 28.4. The predicted molar refractivity (Wildman–Crippen MR) is 110 cm³/mol. The van der Waals surface area contributed by atoms with Crippen LogP contribution in [0.1, 0.15) is 75.7 Å². The van der Waals surface area contributed by atoms with E-state index >= 15 is 0 Å². The minimum atomic E-state index is -0.772. The summed E-state index contributed by atoms with van der Waals surface area (Å²) in [4.78, 5) is 0. The van der Waals surface area contributed by atoms with E-state index in [0.717, 1.165) is 37.7 Å². The quantitative estimate of drug-likeness (QED) is 0.353. The molecule has 2 saturated carbocycles. The lowest BCUT2D eigenvalue weighted by molar-refractivity contribution is 0.295. The molecule has 156 valence electrons. The van der Waals surface area contributed by atoms with Gasteiger partial charge in [0.25, 0.3) is 0 Å². The van der Waals surface area contributed by atoms with Gasteiger partial charge >= 0.3 is 0 Å². The van der Waals surface area contributed by atoms with E-state index in [1.807, 2.05) is 0 Å². The zero-order valence-electron chi connectivity index (χ0n) is 16.9. The van der Waals surface area contributed by atoms with Gasteiger partial charge < -0.3 is 0 Å². The molecule has 1 aromatic rings. The molecule has 0 amide bonds. The van der Waals surface area contributed by atoms with Crippen molar-refractivity contribution in [2.45, 2.75) is 70.1 Å². The van der Waals surface area contributed by atoms with Crippen molar-refractivity contribution in [3.8, 4) is 6.07 Å². The van der Waals surface area contributed by atoms with Crippen LogP contribution < -0.4 is 0 Å². The Morgan fingerprint density at radius 3 is 2.14 bits per heavy atom. The van der Waals surface area contributed by atoms with Crippen molar-refractivity contribution in [1.82, 2.24) is 0 Å². The third-order valence-corrected chi connectivity index (χ3v) is 6.74. The molecule has 0 saturated heterocycles. The van der Waals surface area contributed by atoms with Gasteiger partial charge in [-0.1, -0.05) is 18.2 Å². The van der Waals surface area contributed by atoms with E-state index in [-0.39, 0.29) is 0 Å². The van der Waals surface area contributed by atoms with Gasteiger partial charge in [-0.25, -0.2) is 8.78 Å². The Morgan fingerprint density at radius 2 is 1.55 bits per heavy atom. The molecule has 0 spiro atoms. The molecule has 4 heteroatoms. The van der Waals surface area contributed by atoms with Gasteiger partial charge in [0.2, 0.25) is 0 Å². The van der Waals surface area contributed by atoms with Crippen LogP contribution in [0.3, 0.4) is 0 Å². The summed E-state index contributed by atoms with van der Waals surface area (Å²) in [7, 11) is 0. The lowest BCUT2D eigenvalue weighted by atomic mass is 9.77. The van der Waals surface area contributed by atoms with E-state index in [4.69, 9.17) is 5.26 Å². The van der Waals surface area contributed by atoms with Crippen LogP contribution in [0.5, 0.6) is 0 Å². The molecular weight excluding hydrogens is 371 g/mol. The van der Waals surface area contributed by atoms with Crippen molar-refractivity contribution in [1.29, 1.82) is 5.26 Å². The summed E-state index contributed by atoms with van der Waals surface area (Å²) in [5.74, 6) is 0.0343. The summed E-state index contributed by atoms with van der Waals surface area (Å²) in [6, 6.07) is 5.85. The number of hydrogen-bond acceptors (Lipinski definition) is 1. The molecule has 0 bridgehead atoms. The van der Waals surface area contributed by atoms with E-state index in [1.165, 1.54) is 50.0 Å². The number of halogens is 3. The summed E-state index contributed by atoms with van der Waals surface area (Å²) in [6.45, 7) is 0. The van der Waals surface area contributed by atoms with Crippen LogP contribution in [-0.4, -0.2) is 0 Å². The molecule has 0 unspecified atom stereocenters. The van der Waals surface area contributed by atoms with E-state index in [0.29, 0.717) is 30.1 Å². The molecule has 2 fully saturated rings. The Bertz CT molecular complexity index is 761. The van der Waals surface area contributed by atoms with Gasteiger partial charge in [0.15, 0.2) is 17.5 Å². The first-order valence-electron chi connectivity index (χ1n) is 10.9. The Hall–Kier alpha value is -2.02. The fourth-order valence-electron chi connectivity index (χ4n) is 4.89. The van der Waals surface area contributed by atoms with Crippen LogP contribution in [0, 0.1) is 40.7 Å². The highest BCUT2D eigenvalue weighted by atomic mass is 19.2. The van der Waals surface area contributed by atoms with Crippen LogP contribution in [0.15, 0.2) is 42.3 Å². The minimum Gasteiger partial charge on any atom is -0.204 e. The van der Waals surface area contributed by atoms with Crippen molar-refractivity contribution in [3.05, 3.63) is 59.5 Å². The number of nitriles is 1. The van der Waals surface area contributed by atoms with Gasteiger partial charge in [0.1, 0.15) is 6.07 Å². The van der Waals surface area contributed by atoms with Crippen LogP contribution in [-0.2, 0) is 0 Å². The van der Waals surface area contributed by atoms with Crippen molar-refractivity contribution >= 4 is 0 Å². The van der Waals surface area contributed by atoms with Gasteiger partial charge in [-0.2, -0.15) is 9.65 Å². The van der Waals surface area contributed by atoms with Gasteiger partial charge in [0, 0.05) is 0 Å². The fourth-order valence-corrected chi connectivity index (χ4v) is 4.89. The topological polar surface area (TPSA) is 23.8 Å². The summed E-state index contributed by atoms with van der Waals surface area (Å²) in [5, 5.41) is 8.44. The second-order valence-corrected chi connectivity index (χ2v) is 8.69. The maximum atomic E-state index is 13.5. The maximum Gasteiger partial charge on any atom is 0.196 e. The highest BCUT2D eigenvalue weighted by Crippen LogP contribution is 2.38. The molecule has 0 atom stereocenters. The monoisotopic (exact) mass is 401 g/mol. The number of hydrogen-bond donors (Lipinski definition) is 0. The van der Waals surface area contributed by atoms with Crippen LogP contribution in [0.25, 0.3) is 0 Å². The minimum absolute atomic E-state index is 0.338. The summed E-state index contributed by atoms with van der Waals surface area (Å²) < 4.78 is 39.4. The second kappa shape index (κ2) is 10.7. The highest BCUT2D eigenvalue weighted by Gasteiger charge is 2.23. The largest absolute Gasteiger partial charge is 0.204 e. The standard InChI is InChI=1S/C25H30F3N/c26-23(17-29)3-1-2-18-4-6-19(7-5-18)8-9-20-10-12-21(13-11-20)22-14-15-24(27)25(28)16-22/h3,8-9,14-16,18-21H,1-2,4-7,10-13H2/b9-8+,23-3?. The zero-order chi connectivity index (χ0) is 20.6. The Kier molecular flexibility index (Phi) is 7.98.